The van der Waals surface area contributed by atoms with Crippen molar-refractivity contribution in [3.05, 3.63) is 23.8 Å². The maximum absolute atomic E-state index is 10.7. The first-order valence-electron chi connectivity index (χ1n) is 4.55. The van der Waals surface area contributed by atoms with Gasteiger partial charge in [0.25, 0.3) is 0 Å². The van der Waals surface area contributed by atoms with E-state index in [1.54, 1.807) is 6.07 Å². The Hall–Kier alpha value is -1.79. The van der Waals surface area contributed by atoms with Crippen LogP contribution in [-0.4, -0.2) is 29.3 Å². The summed E-state index contributed by atoms with van der Waals surface area (Å²) in [6.45, 7) is 0. The van der Waals surface area contributed by atoms with Gasteiger partial charge in [0.1, 0.15) is 11.9 Å². The van der Waals surface area contributed by atoms with E-state index in [0.717, 1.165) is 0 Å². The number of benzene rings is 1. The fourth-order valence-corrected chi connectivity index (χ4v) is 1.27. The number of aliphatic hydroxyl groups excluding tert-OH is 2. The highest BCUT2D eigenvalue weighted by atomic mass is 16.5. The van der Waals surface area contributed by atoms with Gasteiger partial charge in [-0.25, -0.2) is 0 Å². The number of rotatable bonds is 4. The molecular weight excluding hydrogens is 212 g/mol. The Balaban J connectivity index is 3.03. The summed E-state index contributed by atoms with van der Waals surface area (Å²) in [5.41, 5.74) is 11.1. The average molecular weight is 226 g/mol. The Kier molecular flexibility index (Phi) is 3.70. The average Bonchev–Trinajstić information content (AvgIpc) is 2.25. The van der Waals surface area contributed by atoms with Crippen LogP contribution >= 0.6 is 0 Å². The van der Waals surface area contributed by atoms with Crippen molar-refractivity contribution >= 4 is 11.6 Å². The molecule has 2 unspecified atom stereocenters. The second-order valence-corrected chi connectivity index (χ2v) is 3.33. The number of nitrogen functional groups attached to an aromatic ring is 1. The van der Waals surface area contributed by atoms with Crippen molar-refractivity contribution in [2.45, 2.75) is 12.2 Å². The largest absolute Gasteiger partial charge is 0.497 e. The number of nitrogens with two attached hydrogens (primary N) is 2. The lowest BCUT2D eigenvalue weighted by Gasteiger charge is -2.16. The summed E-state index contributed by atoms with van der Waals surface area (Å²) in [6.07, 6.45) is -3.10. The number of hydrogen-bond acceptors (Lipinski definition) is 5. The van der Waals surface area contributed by atoms with Gasteiger partial charge in [0.2, 0.25) is 5.91 Å². The fraction of sp³-hybridized carbons (Fsp3) is 0.300. The van der Waals surface area contributed by atoms with Gasteiger partial charge in [0.15, 0.2) is 6.10 Å². The van der Waals surface area contributed by atoms with Gasteiger partial charge in [-0.2, -0.15) is 0 Å². The Labute approximate surface area is 92.4 Å². The molecule has 0 aliphatic carbocycles. The highest BCUT2D eigenvalue weighted by Crippen LogP contribution is 2.25. The quantitative estimate of drug-likeness (QED) is 0.499. The molecule has 6 heteroatoms. The zero-order valence-electron chi connectivity index (χ0n) is 8.75. The van der Waals surface area contributed by atoms with Gasteiger partial charge >= 0.3 is 0 Å². The van der Waals surface area contributed by atoms with Crippen LogP contribution in [0.5, 0.6) is 5.75 Å². The van der Waals surface area contributed by atoms with Crippen molar-refractivity contribution in [3.63, 3.8) is 0 Å². The topological polar surface area (TPSA) is 119 Å². The van der Waals surface area contributed by atoms with Gasteiger partial charge < -0.3 is 26.4 Å². The van der Waals surface area contributed by atoms with E-state index in [4.69, 9.17) is 16.2 Å². The van der Waals surface area contributed by atoms with Gasteiger partial charge in [0.05, 0.1) is 7.11 Å². The van der Waals surface area contributed by atoms with Crippen LogP contribution in [0.2, 0.25) is 0 Å². The number of primary amides is 1. The monoisotopic (exact) mass is 226 g/mol. The first kappa shape index (κ1) is 12.3. The van der Waals surface area contributed by atoms with Gasteiger partial charge in [-0.3, -0.25) is 4.79 Å². The van der Waals surface area contributed by atoms with E-state index in [-0.39, 0.29) is 5.56 Å². The van der Waals surface area contributed by atoms with Crippen LogP contribution in [0.1, 0.15) is 11.7 Å². The third-order valence-electron chi connectivity index (χ3n) is 2.12. The lowest BCUT2D eigenvalue weighted by Crippen LogP contribution is -2.33. The molecule has 0 bridgehead atoms. The minimum absolute atomic E-state index is 0.267. The molecule has 0 heterocycles. The van der Waals surface area contributed by atoms with Gasteiger partial charge in [-0.1, -0.05) is 0 Å². The van der Waals surface area contributed by atoms with Crippen molar-refractivity contribution in [2.24, 2.45) is 5.73 Å². The van der Waals surface area contributed by atoms with Gasteiger partial charge in [-0.15, -0.1) is 0 Å². The van der Waals surface area contributed by atoms with Crippen LogP contribution in [0.4, 0.5) is 5.69 Å². The number of hydrogen-bond donors (Lipinski definition) is 4. The predicted molar refractivity (Wildman–Crippen MR) is 57.6 cm³/mol. The molecule has 1 amide bonds. The molecule has 2 atom stereocenters. The summed E-state index contributed by atoms with van der Waals surface area (Å²) in [4.78, 5) is 10.7. The molecule has 0 saturated carbocycles. The summed E-state index contributed by atoms with van der Waals surface area (Å²) in [6, 6.07) is 4.44. The van der Waals surface area contributed by atoms with E-state index in [9.17, 15) is 15.0 Å². The minimum Gasteiger partial charge on any atom is -0.497 e. The Morgan fingerprint density at radius 2 is 2.00 bits per heavy atom. The van der Waals surface area contributed by atoms with Crippen molar-refractivity contribution in [1.82, 2.24) is 0 Å². The number of ether oxygens (including phenoxy) is 1. The van der Waals surface area contributed by atoms with E-state index in [0.29, 0.717) is 11.4 Å². The molecule has 6 nitrogen and oxygen atoms in total. The molecular formula is C10H14N2O4. The standard InChI is InChI=1S/C10H14N2O4/c1-16-7-3-5(2-6(11)4-7)8(13)9(14)10(12)15/h2-4,8-9,13-14H,11H2,1H3,(H2,12,15). The van der Waals surface area contributed by atoms with Crippen molar-refractivity contribution in [3.8, 4) is 5.75 Å². The zero-order valence-corrected chi connectivity index (χ0v) is 8.75. The van der Waals surface area contributed by atoms with Crippen LogP contribution < -0.4 is 16.2 Å². The Morgan fingerprint density at radius 3 is 2.50 bits per heavy atom. The minimum atomic E-state index is -1.67. The van der Waals surface area contributed by atoms with Crippen LogP contribution in [0, 0.1) is 0 Å². The second-order valence-electron chi connectivity index (χ2n) is 3.33. The summed E-state index contributed by atoms with van der Waals surface area (Å²) in [5, 5.41) is 18.9. The maximum Gasteiger partial charge on any atom is 0.249 e. The number of anilines is 1. The number of methoxy groups -OCH3 is 1. The summed E-state index contributed by atoms with van der Waals surface area (Å²) in [7, 11) is 1.44. The van der Waals surface area contributed by atoms with E-state index in [1.807, 2.05) is 0 Å². The normalized spacial score (nSPS) is 14.2. The third kappa shape index (κ3) is 2.62. The smallest absolute Gasteiger partial charge is 0.249 e. The highest BCUT2D eigenvalue weighted by Gasteiger charge is 2.24. The number of carbonyl (C=O) groups excluding carboxylic acids is 1. The van der Waals surface area contributed by atoms with E-state index < -0.39 is 18.1 Å². The molecule has 0 aromatic heterocycles. The molecule has 16 heavy (non-hydrogen) atoms. The van der Waals surface area contributed by atoms with Crippen molar-refractivity contribution in [1.29, 1.82) is 0 Å². The van der Waals surface area contributed by atoms with Crippen molar-refractivity contribution in [2.75, 3.05) is 12.8 Å². The molecule has 0 saturated heterocycles. The van der Waals surface area contributed by atoms with E-state index >= 15 is 0 Å². The summed E-state index contributed by atoms with van der Waals surface area (Å²) < 4.78 is 4.94. The molecule has 6 N–H and O–H groups in total. The van der Waals surface area contributed by atoms with Crippen LogP contribution in [0.15, 0.2) is 18.2 Å². The van der Waals surface area contributed by atoms with Gasteiger partial charge in [0, 0.05) is 11.8 Å². The molecule has 0 aliphatic rings. The number of carbonyl (C=O) groups is 1. The van der Waals surface area contributed by atoms with Crippen LogP contribution in [-0.2, 0) is 4.79 Å². The molecule has 0 aliphatic heterocycles. The van der Waals surface area contributed by atoms with E-state index in [1.165, 1.54) is 19.2 Å². The fourth-order valence-electron chi connectivity index (χ4n) is 1.27. The SMILES string of the molecule is COc1cc(N)cc(C(O)C(O)C(N)=O)c1. The second kappa shape index (κ2) is 4.82. The highest BCUT2D eigenvalue weighted by molar-refractivity contribution is 5.79. The molecule has 0 radical (unpaired) electrons. The third-order valence-corrected chi connectivity index (χ3v) is 2.12. The zero-order chi connectivity index (χ0) is 12.3. The predicted octanol–water partition coefficient (Wildman–Crippen LogP) is -0.843. The van der Waals surface area contributed by atoms with Crippen LogP contribution in [0.25, 0.3) is 0 Å². The maximum atomic E-state index is 10.7. The molecule has 0 spiro atoms. The van der Waals surface area contributed by atoms with Crippen molar-refractivity contribution < 1.29 is 19.7 Å². The lowest BCUT2D eigenvalue weighted by molar-refractivity contribution is -0.131. The Bertz CT molecular complexity index is 394. The molecule has 0 fully saturated rings. The first-order valence-corrected chi connectivity index (χ1v) is 4.55. The lowest BCUT2D eigenvalue weighted by atomic mass is 10.0. The summed E-state index contributed by atoms with van der Waals surface area (Å²) >= 11 is 0. The first-order chi connectivity index (χ1) is 7.45. The molecule has 1 rings (SSSR count). The summed E-state index contributed by atoms with van der Waals surface area (Å²) in [5.74, 6) is -0.584. The van der Waals surface area contributed by atoms with Gasteiger partial charge in [-0.05, 0) is 17.7 Å². The molecule has 1 aromatic rings. The van der Waals surface area contributed by atoms with E-state index in [2.05, 4.69) is 0 Å². The molecule has 1 aromatic carbocycles. The number of amides is 1. The Morgan fingerprint density at radius 1 is 1.38 bits per heavy atom. The number of aliphatic hydroxyl groups is 2. The molecule has 88 valence electrons. The van der Waals surface area contributed by atoms with Crippen LogP contribution in [0.3, 0.4) is 0 Å².